The molecule has 2 N–H and O–H groups in total. The SMILES string of the molecule is O=C(Nc1c(C(=O)O)nc(Br)n1[C@@H]1C[C@H]1C(F)(F)F)OCC1c2ccccc2-c2ccccc21. The van der Waals surface area contributed by atoms with Gasteiger partial charge in [0.25, 0.3) is 0 Å². The standard InChI is InChI=1S/C23H17BrF3N3O4/c24-21-28-18(20(31)32)19(30(21)17-9-16(17)23(25,26)27)29-22(33)34-10-15-13-7-3-1-5-11(13)12-6-2-4-8-14(12)15/h1-8,15-17H,9-10H2,(H,29,33)(H,31,32)/t16-,17-/m1/s1. The van der Waals surface area contributed by atoms with Crippen molar-refractivity contribution in [2.45, 2.75) is 24.6 Å². The van der Waals surface area contributed by atoms with Crippen molar-refractivity contribution in [3.05, 3.63) is 70.1 Å². The summed E-state index contributed by atoms with van der Waals surface area (Å²) >= 11 is 3.02. The third-order valence-corrected chi connectivity index (χ3v) is 6.70. The minimum atomic E-state index is -4.45. The van der Waals surface area contributed by atoms with Crippen LogP contribution >= 0.6 is 15.9 Å². The number of imidazole rings is 1. The van der Waals surface area contributed by atoms with Crippen LogP contribution in [0.25, 0.3) is 11.1 Å². The maximum Gasteiger partial charge on any atom is 0.412 e. The fourth-order valence-electron chi connectivity index (χ4n) is 4.53. The Morgan fingerprint density at radius 1 is 1.12 bits per heavy atom. The summed E-state index contributed by atoms with van der Waals surface area (Å²) in [6, 6.07) is 14.4. The van der Waals surface area contributed by atoms with E-state index in [2.05, 4.69) is 26.2 Å². The molecular weight excluding hydrogens is 519 g/mol. The molecule has 11 heteroatoms. The number of anilines is 1. The van der Waals surface area contributed by atoms with E-state index in [4.69, 9.17) is 4.74 Å². The highest BCUT2D eigenvalue weighted by Gasteiger charge is 2.58. The van der Waals surface area contributed by atoms with Gasteiger partial charge in [0.05, 0.1) is 5.92 Å². The number of nitrogens with zero attached hydrogens (tertiary/aromatic N) is 2. The number of aromatic nitrogens is 2. The fourth-order valence-corrected chi connectivity index (χ4v) is 5.14. The van der Waals surface area contributed by atoms with E-state index in [-0.39, 0.29) is 29.5 Å². The summed E-state index contributed by atoms with van der Waals surface area (Å²) in [5.41, 5.74) is 3.47. The summed E-state index contributed by atoms with van der Waals surface area (Å²) < 4.78 is 45.7. The summed E-state index contributed by atoms with van der Waals surface area (Å²) in [7, 11) is 0. The van der Waals surface area contributed by atoms with Crippen molar-refractivity contribution in [1.82, 2.24) is 9.55 Å². The quantitative estimate of drug-likeness (QED) is 0.428. The first-order valence-electron chi connectivity index (χ1n) is 10.4. The molecule has 2 atom stereocenters. The highest BCUT2D eigenvalue weighted by atomic mass is 79.9. The zero-order chi connectivity index (χ0) is 24.2. The van der Waals surface area contributed by atoms with Gasteiger partial charge in [-0.25, -0.2) is 14.6 Å². The Bertz CT molecular complexity index is 1260. The molecule has 1 fully saturated rings. The third-order valence-electron chi connectivity index (χ3n) is 6.14. The van der Waals surface area contributed by atoms with E-state index in [0.29, 0.717) is 0 Å². The average molecular weight is 536 g/mol. The monoisotopic (exact) mass is 535 g/mol. The van der Waals surface area contributed by atoms with Gasteiger partial charge in [0.2, 0.25) is 0 Å². The van der Waals surface area contributed by atoms with Crippen LogP contribution in [-0.2, 0) is 4.74 Å². The first kappa shape index (κ1) is 22.5. The number of hydrogen-bond donors (Lipinski definition) is 2. The number of ether oxygens (including phenoxy) is 1. The Morgan fingerprint density at radius 2 is 1.71 bits per heavy atom. The second-order valence-electron chi connectivity index (χ2n) is 8.15. The van der Waals surface area contributed by atoms with E-state index in [1.165, 1.54) is 0 Å². The third kappa shape index (κ3) is 3.83. The van der Waals surface area contributed by atoms with Crippen molar-refractivity contribution >= 4 is 33.8 Å². The predicted molar refractivity (Wildman–Crippen MR) is 119 cm³/mol. The summed E-state index contributed by atoms with van der Waals surface area (Å²) in [5.74, 6) is -3.72. The number of amides is 1. The van der Waals surface area contributed by atoms with E-state index in [0.717, 1.165) is 26.8 Å². The molecule has 2 aliphatic rings. The Labute approximate surface area is 199 Å². The minimum Gasteiger partial charge on any atom is -0.476 e. The molecule has 7 nitrogen and oxygen atoms in total. The highest BCUT2D eigenvalue weighted by molar-refractivity contribution is 9.10. The lowest BCUT2D eigenvalue weighted by molar-refractivity contribution is -0.150. The maximum atomic E-state index is 13.1. The number of benzene rings is 2. The van der Waals surface area contributed by atoms with Gasteiger partial charge in [0.15, 0.2) is 16.2 Å². The van der Waals surface area contributed by atoms with Gasteiger partial charge in [-0.05, 0) is 44.6 Å². The van der Waals surface area contributed by atoms with Crippen LogP contribution in [-0.4, -0.2) is 39.5 Å². The fraction of sp³-hybridized carbons (Fsp3) is 0.261. The minimum absolute atomic E-state index is 0.0355. The van der Waals surface area contributed by atoms with Crippen molar-refractivity contribution in [3.8, 4) is 11.1 Å². The Kier molecular flexibility index (Phi) is 5.38. The zero-order valence-electron chi connectivity index (χ0n) is 17.3. The molecule has 0 saturated heterocycles. The van der Waals surface area contributed by atoms with Crippen LogP contribution in [0.2, 0.25) is 0 Å². The largest absolute Gasteiger partial charge is 0.476 e. The lowest BCUT2D eigenvalue weighted by Gasteiger charge is -2.16. The lowest BCUT2D eigenvalue weighted by atomic mass is 9.98. The molecule has 1 aromatic heterocycles. The van der Waals surface area contributed by atoms with Gasteiger partial charge in [-0.3, -0.25) is 5.32 Å². The summed E-state index contributed by atoms with van der Waals surface area (Å²) in [4.78, 5) is 28.0. The molecule has 0 spiro atoms. The number of hydrogen-bond acceptors (Lipinski definition) is 4. The molecular formula is C23H17BrF3N3O4. The number of carboxylic acid groups (broad SMARTS) is 1. The van der Waals surface area contributed by atoms with E-state index in [9.17, 15) is 27.9 Å². The van der Waals surface area contributed by atoms with E-state index in [1.54, 1.807) is 0 Å². The Balaban J connectivity index is 1.37. The number of carboxylic acids is 1. The van der Waals surface area contributed by atoms with Crippen LogP contribution in [0.5, 0.6) is 0 Å². The molecule has 1 amide bonds. The number of fused-ring (bicyclic) bond motifs is 3. The molecule has 176 valence electrons. The van der Waals surface area contributed by atoms with Crippen molar-refractivity contribution in [2.75, 3.05) is 11.9 Å². The molecule has 5 rings (SSSR count). The summed E-state index contributed by atoms with van der Waals surface area (Å²) in [5, 5.41) is 11.8. The predicted octanol–water partition coefficient (Wildman–Crippen LogP) is 5.83. The average Bonchev–Trinajstić information content (AvgIpc) is 3.44. The van der Waals surface area contributed by atoms with Gasteiger partial charge in [-0.1, -0.05) is 48.5 Å². The van der Waals surface area contributed by atoms with Crippen LogP contribution in [0.15, 0.2) is 53.3 Å². The molecule has 0 radical (unpaired) electrons. The summed E-state index contributed by atoms with van der Waals surface area (Å²) in [6.45, 7) is -0.0355. The van der Waals surface area contributed by atoms with Crippen LogP contribution < -0.4 is 5.32 Å². The van der Waals surface area contributed by atoms with Gasteiger partial charge < -0.3 is 14.4 Å². The van der Waals surface area contributed by atoms with Gasteiger partial charge in [0, 0.05) is 12.0 Å². The molecule has 34 heavy (non-hydrogen) atoms. The van der Waals surface area contributed by atoms with Gasteiger partial charge in [0.1, 0.15) is 6.61 Å². The zero-order valence-corrected chi connectivity index (χ0v) is 18.9. The number of halogens is 4. The molecule has 1 saturated carbocycles. The smallest absolute Gasteiger partial charge is 0.412 e. The molecule has 0 bridgehead atoms. The van der Waals surface area contributed by atoms with E-state index < -0.39 is 35.9 Å². The number of carbonyl (C=O) groups excluding carboxylic acids is 1. The van der Waals surface area contributed by atoms with Gasteiger partial charge in [-0.2, -0.15) is 13.2 Å². The first-order valence-corrected chi connectivity index (χ1v) is 11.2. The van der Waals surface area contributed by atoms with Crippen molar-refractivity contribution < 1.29 is 32.6 Å². The van der Waals surface area contributed by atoms with Crippen LogP contribution in [0.4, 0.5) is 23.8 Å². The van der Waals surface area contributed by atoms with Crippen LogP contribution in [0.1, 0.15) is 40.0 Å². The van der Waals surface area contributed by atoms with E-state index >= 15 is 0 Å². The van der Waals surface area contributed by atoms with E-state index in [1.807, 2.05) is 48.5 Å². The number of aromatic carboxylic acids is 1. The van der Waals surface area contributed by atoms with Crippen molar-refractivity contribution in [2.24, 2.45) is 5.92 Å². The lowest BCUT2D eigenvalue weighted by Crippen LogP contribution is -2.22. The Hall–Kier alpha value is -3.34. The molecule has 2 aliphatic carbocycles. The summed E-state index contributed by atoms with van der Waals surface area (Å²) in [6.07, 6.45) is -5.67. The van der Waals surface area contributed by atoms with Crippen molar-refractivity contribution in [1.29, 1.82) is 0 Å². The topological polar surface area (TPSA) is 93.5 Å². The molecule has 0 aliphatic heterocycles. The second-order valence-corrected chi connectivity index (χ2v) is 8.86. The number of rotatable bonds is 5. The second kappa shape index (κ2) is 8.15. The van der Waals surface area contributed by atoms with Crippen molar-refractivity contribution in [3.63, 3.8) is 0 Å². The normalized spacial score (nSPS) is 18.8. The van der Waals surface area contributed by atoms with Crippen LogP contribution in [0.3, 0.4) is 0 Å². The molecule has 0 unspecified atom stereocenters. The highest BCUT2D eigenvalue weighted by Crippen LogP contribution is 2.55. The molecule has 1 heterocycles. The Morgan fingerprint density at radius 3 is 2.24 bits per heavy atom. The molecule has 3 aromatic rings. The first-order chi connectivity index (χ1) is 16.2. The number of carbonyl (C=O) groups is 2. The number of alkyl halides is 3. The van der Waals surface area contributed by atoms with Gasteiger partial charge in [-0.15, -0.1) is 0 Å². The van der Waals surface area contributed by atoms with Crippen LogP contribution in [0, 0.1) is 5.92 Å². The molecule has 2 aromatic carbocycles. The maximum absolute atomic E-state index is 13.1. The van der Waals surface area contributed by atoms with Gasteiger partial charge >= 0.3 is 18.2 Å². The number of nitrogens with one attached hydrogen (secondary N) is 1.